The third kappa shape index (κ3) is 6.30. The van der Waals surface area contributed by atoms with E-state index in [4.69, 9.17) is 9.15 Å². The first-order valence-electron chi connectivity index (χ1n) is 11.7. The monoisotopic (exact) mass is 468 g/mol. The van der Waals surface area contributed by atoms with Gasteiger partial charge in [0.15, 0.2) is 0 Å². The number of ether oxygens (including phenoxy) is 1. The Hall–Kier alpha value is -2.51. The molecule has 3 aromatic rings. The molecule has 7 heteroatoms. The standard InChI is InChI=1S/C26H32N2O4S/c1-31-21-6-7-25-23(16-21)19(8-11-27-25)4-2-5-20-9-13-28(17-24(20)26(29)30)12-3-15-33-22-10-14-32-18-22/h6-8,10-11,14,16,18,20,24H,2-5,9,12-13,15,17H2,1H3,(H,29,30)/t20-,24+/m1/s1. The number of nitrogens with zero attached hydrogens (tertiary/aromatic N) is 2. The van der Waals surface area contributed by atoms with Crippen molar-refractivity contribution in [2.75, 3.05) is 32.5 Å². The van der Waals surface area contributed by atoms with Crippen molar-refractivity contribution in [1.82, 2.24) is 9.88 Å². The number of pyridine rings is 1. The molecule has 1 fully saturated rings. The maximum Gasteiger partial charge on any atom is 0.308 e. The summed E-state index contributed by atoms with van der Waals surface area (Å²) in [5.74, 6) is 1.15. The number of aromatic nitrogens is 1. The number of piperidine rings is 1. The number of furan rings is 1. The smallest absolute Gasteiger partial charge is 0.308 e. The second-order valence-corrected chi connectivity index (χ2v) is 9.87. The highest BCUT2D eigenvalue weighted by Crippen LogP contribution is 2.30. The van der Waals surface area contributed by atoms with E-state index in [0.717, 1.165) is 72.5 Å². The molecule has 1 aliphatic heterocycles. The highest BCUT2D eigenvalue weighted by molar-refractivity contribution is 7.99. The third-order valence-corrected chi connectivity index (χ3v) is 7.66. The van der Waals surface area contributed by atoms with Crippen molar-refractivity contribution in [1.29, 1.82) is 0 Å². The summed E-state index contributed by atoms with van der Waals surface area (Å²) in [6, 6.07) is 10.0. The fourth-order valence-electron chi connectivity index (χ4n) is 4.79. The number of methoxy groups -OCH3 is 1. The molecule has 33 heavy (non-hydrogen) atoms. The number of rotatable bonds is 11. The van der Waals surface area contributed by atoms with E-state index < -0.39 is 5.97 Å². The highest BCUT2D eigenvalue weighted by atomic mass is 32.2. The molecule has 1 N–H and O–H groups in total. The van der Waals surface area contributed by atoms with Crippen molar-refractivity contribution in [3.05, 3.63) is 54.6 Å². The van der Waals surface area contributed by atoms with Gasteiger partial charge in [-0.2, -0.15) is 0 Å². The number of carboxylic acids is 1. The Morgan fingerprint density at radius 2 is 2.21 bits per heavy atom. The number of benzene rings is 1. The van der Waals surface area contributed by atoms with Crippen molar-refractivity contribution in [2.45, 2.75) is 37.0 Å². The largest absolute Gasteiger partial charge is 0.497 e. The van der Waals surface area contributed by atoms with Gasteiger partial charge in [0.1, 0.15) is 12.0 Å². The van der Waals surface area contributed by atoms with Gasteiger partial charge in [0.2, 0.25) is 0 Å². The Bertz CT molecular complexity index is 1040. The third-order valence-electron chi connectivity index (χ3n) is 6.60. The zero-order chi connectivity index (χ0) is 23.0. The van der Waals surface area contributed by atoms with Crippen molar-refractivity contribution in [3.63, 3.8) is 0 Å². The lowest BCUT2D eigenvalue weighted by atomic mass is 9.81. The van der Waals surface area contributed by atoms with E-state index in [-0.39, 0.29) is 11.8 Å². The molecule has 4 rings (SSSR count). The van der Waals surface area contributed by atoms with Gasteiger partial charge < -0.3 is 19.2 Å². The quantitative estimate of drug-likeness (QED) is 0.300. The first-order valence-corrected chi connectivity index (χ1v) is 12.6. The normalized spacial score (nSPS) is 19.1. The Kier molecular flexibility index (Phi) is 8.29. The minimum Gasteiger partial charge on any atom is -0.497 e. The molecule has 0 unspecified atom stereocenters. The average Bonchev–Trinajstić information content (AvgIpc) is 3.36. The van der Waals surface area contributed by atoms with Gasteiger partial charge in [0, 0.05) is 23.0 Å². The van der Waals surface area contributed by atoms with Crippen LogP contribution in [0.5, 0.6) is 5.75 Å². The number of hydrogen-bond acceptors (Lipinski definition) is 6. The average molecular weight is 469 g/mol. The van der Waals surface area contributed by atoms with Crippen LogP contribution in [0.25, 0.3) is 10.9 Å². The van der Waals surface area contributed by atoms with Crippen LogP contribution in [0.3, 0.4) is 0 Å². The maximum absolute atomic E-state index is 12.0. The molecule has 6 nitrogen and oxygen atoms in total. The Balaban J connectivity index is 1.27. The molecule has 1 aliphatic rings. The van der Waals surface area contributed by atoms with Crippen LogP contribution in [0, 0.1) is 11.8 Å². The summed E-state index contributed by atoms with van der Waals surface area (Å²) in [5, 5.41) is 11.0. The molecule has 3 heterocycles. The van der Waals surface area contributed by atoms with Crippen LogP contribution in [0.1, 0.15) is 31.2 Å². The molecule has 2 atom stereocenters. The van der Waals surface area contributed by atoms with Crippen molar-refractivity contribution >= 4 is 28.6 Å². The van der Waals surface area contributed by atoms with Gasteiger partial charge in [-0.05, 0) is 92.8 Å². The molecule has 2 aromatic heterocycles. The lowest BCUT2D eigenvalue weighted by Crippen LogP contribution is -2.44. The number of fused-ring (bicyclic) bond motifs is 1. The van der Waals surface area contributed by atoms with Gasteiger partial charge >= 0.3 is 5.97 Å². The predicted molar refractivity (Wildman–Crippen MR) is 131 cm³/mol. The Labute approximate surface area is 199 Å². The summed E-state index contributed by atoms with van der Waals surface area (Å²) < 4.78 is 10.5. The lowest BCUT2D eigenvalue weighted by Gasteiger charge is -2.36. The summed E-state index contributed by atoms with van der Waals surface area (Å²) in [5.41, 5.74) is 2.22. The van der Waals surface area contributed by atoms with Crippen molar-refractivity contribution < 1.29 is 19.1 Å². The lowest BCUT2D eigenvalue weighted by molar-refractivity contribution is -0.146. The molecule has 0 amide bonds. The molecule has 176 valence electrons. The van der Waals surface area contributed by atoms with Gasteiger partial charge in [0.05, 0.1) is 24.8 Å². The predicted octanol–water partition coefficient (Wildman–Crippen LogP) is 5.36. The zero-order valence-electron chi connectivity index (χ0n) is 19.1. The molecule has 1 aromatic carbocycles. The summed E-state index contributed by atoms with van der Waals surface area (Å²) in [4.78, 5) is 19.9. The molecule has 0 aliphatic carbocycles. The van der Waals surface area contributed by atoms with Crippen LogP contribution >= 0.6 is 11.8 Å². The van der Waals surface area contributed by atoms with E-state index in [1.165, 1.54) is 5.56 Å². The van der Waals surface area contributed by atoms with Gasteiger partial charge in [-0.3, -0.25) is 9.78 Å². The molecular formula is C26H32N2O4S. The molecule has 0 radical (unpaired) electrons. The summed E-state index contributed by atoms with van der Waals surface area (Å²) in [6.45, 7) is 2.60. The van der Waals surface area contributed by atoms with Crippen LogP contribution in [0.2, 0.25) is 0 Å². The van der Waals surface area contributed by atoms with Crippen LogP contribution < -0.4 is 4.74 Å². The van der Waals surface area contributed by atoms with E-state index in [9.17, 15) is 9.90 Å². The number of likely N-dealkylation sites (tertiary alicyclic amines) is 1. The number of thioether (sulfide) groups is 1. The van der Waals surface area contributed by atoms with Gasteiger partial charge in [-0.1, -0.05) is 0 Å². The van der Waals surface area contributed by atoms with Gasteiger partial charge in [0.25, 0.3) is 0 Å². The minimum atomic E-state index is -0.656. The summed E-state index contributed by atoms with van der Waals surface area (Å²) in [7, 11) is 1.67. The van der Waals surface area contributed by atoms with E-state index in [0.29, 0.717) is 6.54 Å². The number of carbonyl (C=O) groups is 1. The first kappa shape index (κ1) is 23.6. The fourth-order valence-corrected chi connectivity index (χ4v) is 5.58. The van der Waals surface area contributed by atoms with E-state index in [2.05, 4.69) is 16.0 Å². The number of carboxylic acid groups (broad SMARTS) is 1. The van der Waals surface area contributed by atoms with Crippen LogP contribution in [-0.4, -0.2) is 53.5 Å². The second kappa shape index (κ2) is 11.6. The van der Waals surface area contributed by atoms with Crippen LogP contribution in [0.4, 0.5) is 0 Å². The fraction of sp³-hybridized carbons (Fsp3) is 0.462. The SMILES string of the molecule is COc1ccc2nccc(CCC[C@@H]3CCN(CCCSc4ccoc4)C[C@@H]3C(=O)O)c2c1. The first-order chi connectivity index (χ1) is 16.1. The Morgan fingerprint density at radius 1 is 1.30 bits per heavy atom. The summed E-state index contributed by atoms with van der Waals surface area (Å²) >= 11 is 1.79. The highest BCUT2D eigenvalue weighted by Gasteiger charge is 2.33. The molecule has 0 bridgehead atoms. The van der Waals surface area contributed by atoms with Gasteiger partial charge in [-0.25, -0.2) is 0 Å². The van der Waals surface area contributed by atoms with Crippen LogP contribution in [0.15, 0.2) is 58.4 Å². The number of hydrogen-bond donors (Lipinski definition) is 1. The minimum absolute atomic E-state index is 0.238. The zero-order valence-corrected chi connectivity index (χ0v) is 19.9. The van der Waals surface area contributed by atoms with Crippen molar-refractivity contribution in [3.8, 4) is 5.75 Å². The summed E-state index contributed by atoms with van der Waals surface area (Å²) in [6.07, 6.45) is 10.2. The topological polar surface area (TPSA) is 75.8 Å². The van der Waals surface area contributed by atoms with E-state index in [1.54, 1.807) is 31.4 Å². The van der Waals surface area contributed by atoms with Crippen LogP contribution in [-0.2, 0) is 11.2 Å². The second-order valence-electron chi connectivity index (χ2n) is 8.70. The molecule has 0 saturated carbocycles. The molecule has 0 spiro atoms. The molecular weight excluding hydrogens is 436 g/mol. The number of aryl methyl sites for hydroxylation is 1. The Morgan fingerprint density at radius 3 is 3.00 bits per heavy atom. The van der Waals surface area contributed by atoms with E-state index >= 15 is 0 Å². The van der Waals surface area contributed by atoms with E-state index in [1.807, 2.05) is 30.5 Å². The van der Waals surface area contributed by atoms with Crippen molar-refractivity contribution in [2.24, 2.45) is 11.8 Å². The maximum atomic E-state index is 12.0. The van der Waals surface area contributed by atoms with Gasteiger partial charge in [-0.15, -0.1) is 11.8 Å². The molecule has 1 saturated heterocycles. The number of aliphatic carboxylic acids is 1.